The average Bonchev–Trinajstić information content (AvgIpc) is 2.89. The monoisotopic (exact) mass is 476 g/mol. The van der Waals surface area contributed by atoms with Crippen LogP contribution in [0.2, 0.25) is 0 Å². The van der Waals surface area contributed by atoms with E-state index in [-0.39, 0.29) is 0 Å². The van der Waals surface area contributed by atoms with Crippen LogP contribution in [0.1, 0.15) is 0 Å². The van der Waals surface area contributed by atoms with Gasteiger partial charge in [0.1, 0.15) is 5.52 Å². The first-order chi connectivity index (χ1) is 16.8. The van der Waals surface area contributed by atoms with Gasteiger partial charge < -0.3 is 11.1 Å². The van der Waals surface area contributed by atoms with Crippen molar-refractivity contribution in [2.75, 3.05) is 22.6 Å². The van der Waals surface area contributed by atoms with E-state index in [0.717, 1.165) is 61.4 Å². The summed E-state index contributed by atoms with van der Waals surface area (Å²) in [5, 5.41) is 8.34. The van der Waals surface area contributed by atoms with Crippen LogP contribution >= 0.6 is 23.5 Å². The largest absolute Gasteiger partial charge is 0.399 e. The van der Waals surface area contributed by atoms with Gasteiger partial charge in [0.05, 0.1) is 22.2 Å². The predicted molar refractivity (Wildman–Crippen MR) is 148 cm³/mol. The number of hydrogen-bond donors (Lipinski definition) is 2. The summed E-state index contributed by atoms with van der Waals surface area (Å²) < 4.78 is 0. The molecule has 1 aromatic heterocycles. The molecule has 0 radical (unpaired) electrons. The summed E-state index contributed by atoms with van der Waals surface area (Å²) in [5.41, 5.74) is 12.4. The molecule has 1 aliphatic heterocycles. The minimum Gasteiger partial charge on any atom is -0.399 e. The van der Waals surface area contributed by atoms with Gasteiger partial charge in [-0.1, -0.05) is 48.5 Å². The first kappa shape index (κ1) is 19.9. The smallest absolute Gasteiger partial charge is 0.114 e. The Kier molecular flexibility index (Phi) is 4.57. The molecular formula is C28H20N4S2. The highest BCUT2D eigenvalue weighted by atomic mass is 32.2. The van der Waals surface area contributed by atoms with E-state index in [1.54, 1.807) is 0 Å². The molecule has 3 N–H and O–H groups in total. The lowest BCUT2D eigenvalue weighted by atomic mass is 9.99. The van der Waals surface area contributed by atoms with Gasteiger partial charge in [0.15, 0.2) is 0 Å². The van der Waals surface area contributed by atoms with Gasteiger partial charge in [0, 0.05) is 43.4 Å². The fourth-order valence-corrected chi connectivity index (χ4v) is 7.12. The number of thioether (sulfide) groups is 2. The van der Waals surface area contributed by atoms with Crippen molar-refractivity contribution in [1.29, 1.82) is 0 Å². The normalized spacial score (nSPS) is 13.5. The molecule has 2 heterocycles. The second-order valence-corrected chi connectivity index (χ2v) is 10.6. The Morgan fingerprint density at radius 2 is 1.29 bits per heavy atom. The first-order valence-corrected chi connectivity index (χ1v) is 13.2. The van der Waals surface area contributed by atoms with Crippen molar-refractivity contribution in [3.05, 3.63) is 78.9 Å². The van der Waals surface area contributed by atoms with Crippen molar-refractivity contribution in [2.45, 2.75) is 9.79 Å². The molecule has 0 spiro atoms. The highest BCUT2D eigenvalue weighted by Crippen LogP contribution is 2.46. The molecule has 0 saturated carbocycles. The molecule has 5 aromatic carbocycles. The highest BCUT2D eigenvalue weighted by Gasteiger charge is 2.21. The molecule has 0 atom stereocenters. The van der Waals surface area contributed by atoms with Crippen molar-refractivity contribution in [1.82, 2.24) is 9.97 Å². The predicted octanol–water partition coefficient (Wildman–Crippen LogP) is 7.61. The topological polar surface area (TPSA) is 63.8 Å². The summed E-state index contributed by atoms with van der Waals surface area (Å²) in [6.07, 6.45) is 0. The zero-order chi connectivity index (χ0) is 22.6. The van der Waals surface area contributed by atoms with E-state index in [9.17, 15) is 0 Å². The van der Waals surface area contributed by atoms with Gasteiger partial charge in [-0.25, -0.2) is 9.97 Å². The molecular weight excluding hydrogens is 456 g/mol. The van der Waals surface area contributed by atoms with Gasteiger partial charge >= 0.3 is 0 Å². The molecule has 6 aromatic rings. The summed E-state index contributed by atoms with van der Waals surface area (Å²) >= 11 is 3.78. The van der Waals surface area contributed by atoms with Gasteiger partial charge in [-0.15, -0.1) is 23.5 Å². The molecule has 0 saturated heterocycles. The number of nitrogen functional groups attached to an aromatic ring is 1. The van der Waals surface area contributed by atoms with E-state index in [1.807, 2.05) is 47.8 Å². The van der Waals surface area contributed by atoms with Crippen molar-refractivity contribution in [2.24, 2.45) is 0 Å². The highest BCUT2D eigenvalue weighted by molar-refractivity contribution is 8.05. The lowest BCUT2D eigenvalue weighted by Gasteiger charge is -2.21. The first-order valence-electron chi connectivity index (χ1n) is 11.2. The molecule has 0 unspecified atom stereocenters. The van der Waals surface area contributed by atoms with Crippen molar-refractivity contribution in [3.63, 3.8) is 0 Å². The Balaban J connectivity index is 1.60. The standard InChI is InChI=1S/C28H20N4S2/c29-16-9-11-17(12-10-16)30-27-26-22(15-23-28(27)34-14-13-33-23)31-24-20-7-3-1-5-18(20)19-6-2-4-8-21(19)25(24)32-26/h1-12,15,30H,13-14,29H2. The van der Waals surface area contributed by atoms with Crippen LogP contribution in [0.15, 0.2) is 88.7 Å². The number of nitrogens with two attached hydrogens (primary N) is 1. The fourth-order valence-electron chi connectivity index (χ4n) is 4.75. The average molecular weight is 477 g/mol. The summed E-state index contributed by atoms with van der Waals surface area (Å²) in [4.78, 5) is 13.1. The number of benzene rings is 5. The van der Waals surface area contributed by atoms with Crippen LogP contribution in [0, 0.1) is 0 Å². The van der Waals surface area contributed by atoms with E-state index in [4.69, 9.17) is 15.7 Å². The van der Waals surface area contributed by atoms with E-state index in [1.165, 1.54) is 20.6 Å². The molecule has 1 aliphatic rings. The second-order valence-electron chi connectivity index (χ2n) is 8.40. The lowest BCUT2D eigenvalue weighted by Crippen LogP contribution is -2.03. The van der Waals surface area contributed by atoms with Gasteiger partial charge in [0.2, 0.25) is 0 Å². The van der Waals surface area contributed by atoms with Crippen molar-refractivity contribution < 1.29 is 0 Å². The maximum absolute atomic E-state index is 5.92. The van der Waals surface area contributed by atoms with Gasteiger partial charge in [-0.2, -0.15) is 0 Å². The van der Waals surface area contributed by atoms with Gasteiger partial charge in [-0.3, -0.25) is 0 Å². The molecule has 0 bridgehead atoms. The van der Waals surface area contributed by atoms with E-state index < -0.39 is 0 Å². The Morgan fingerprint density at radius 1 is 0.676 bits per heavy atom. The molecule has 7 rings (SSSR count). The van der Waals surface area contributed by atoms with Crippen LogP contribution in [0.25, 0.3) is 43.6 Å². The molecule has 0 fully saturated rings. The third kappa shape index (κ3) is 3.10. The number of nitrogens with one attached hydrogen (secondary N) is 1. The maximum Gasteiger partial charge on any atom is 0.114 e. The SMILES string of the molecule is Nc1ccc(Nc2c3c(cc4nc5c6ccccc6c6ccccc6c5nc24)SCCS3)cc1. The quantitative estimate of drug-likeness (QED) is 0.152. The lowest BCUT2D eigenvalue weighted by molar-refractivity contribution is 1.22. The molecule has 4 nitrogen and oxygen atoms in total. The fraction of sp³-hybridized carbons (Fsp3) is 0.0714. The van der Waals surface area contributed by atoms with Crippen LogP contribution < -0.4 is 11.1 Å². The van der Waals surface area contributed by atoms with Gasteiger partial charge in [-0.05, 0) is 41.1 Å². The number of anilines is 3. The minimum atomic E-state index is 0.750. The zero-order valence-electron chi connectivity index (χ0n) is 18.2. The minimum absolute atomic E-state index is 0.750. The van der Waals surface area contributed by atoms with Gasteiger partial charge in [0.25, 0.3) is 0 Å². The van der Waals surface area contributed by atoms with Crippen LogP contribution in [-0.4, -0.2) is 21.5 Å². The second kappa shape index (κ2) is 7.79. The van der Waals surface area contributed by atoms with E-state index >= 15 is 0 Å². The molecule has 34 heavy (non-hydrogen) atoms. The summed E-state index contributed by atoms with van der Waals surface area (Å²) in [5.74, 6) is 2.17. The number of fused-ring (bicyclic) bond motifs is 8. The Labute approximate surface area is 205 Å². The molecule has 0 aliphatic carbocycles. The summed E-state index contributed by atoms with van der Waals surface area (Å²) in [6, 6.07) is 27.1. The number of rotatable bonds is 2. The van der Waals surface area contributed by atoms with Crippen molar-refractivity contribution in [3.8, 4) is 0 Å². The summed E-state index contributed by atoms with van der Waals surface area (Å²) in [7, 11) is 0. The Hall–Kier alpha value is -3.48. The number of hydrogen-bond acceptors (Lipinski definition) is 6. The Morgan fingerprint density at radius 3 is 2.00 bits per heavy atom. The third-order valence-corrected chi connectivity index (χ3v) is 8.85. The van der Waals surface area contributed by atoms with Crippen LogP contribution in [-0.2, 0) is 0 Å². The zero-order valence-corrected chi connectivity index (χ0v) is 19.8. The maximum atomic E-state index is 5.92. The van der Waals surface area contributed by atoms with Crippen LogP contribution in [0.3, 0.4) is 0 Å². The number of aromatic nitrogens is 2. The van der Waals surface area contributed by atoms with E-state index in [2.05, 4.69) is 59.9 Å². The summed E-state index contributed by atoms with van der Waals surface area (Å²) in [6.45, 7) is 0. The molecule has 0 amide bonds. The van der Waals surface area contributed by atoms with Crippen LogP contribution in [0.5, 0.6) is 0 Å². The van der Waals surface area contributed by atoms with Crippen LogP contribution in [0.4, 0.5) is 17.1 Å². The molecule has 164 valence electrons. The Bertz CT molecular complexity index is 1750. The van der Waals surface area contributed by atoms with E-state index in [0.29, 0.717) is 0 Å². The van der Waals surface area contributed by atoms with Crippen molar-refractivity contribution >= 4 is 84.2 Å². The third-order valence-electron chi connectivity index (χ3n) is 6.30. The number of nitrogens with zero attached hydrogens (tertiary/aromatic N) is 2. The molecule has 6 heteroatoms.